The molecular formula is C23H29N3O3. The maximum absolute atomic E-state index is 12.7. The van der Waals surface area contributed by atoms with E-state index in [1.807, 2.05) is 24.3 Å². The highest BCUT2D eigenvalue weighted by atomic mass is 16.6. The zero-order valence-corrected chi connectivity index (χ0v) is 17.5. The van der Waals surface area contributed by atoms with E-state index >= 15 is 0 Å². The zero-order chi connectivity index (χ0) is 21.1. The van der Waals surface area contributed by atoms with Gasteiger partial charge in [-0.25, -0.2) is 0 Å². The molecule has 2 aromatic carbocycles. The molecule has 29 heavy (non-hydrogen) atoms. The number of anilines is 2. The van der Waals surface area contributed by atoms with Gasteiger partial charge in [0.1, 0.15) is 5.69 Å². The second-order valence-electron chi connectivity index (χ2n) is 8.54. The molecule has 0 spiro atoms. The molecule has 6 nitrogen and oxygen atoms in total. The summed E-state index contributed by atoms with van der Waals surface area (Å²) in [7, 11) is 0. The standard InChI is InChI=1S/C23H29N3O3/c1-15(2)18-5-8-20(9-6-18)24-23(27)19-7-10-21(22(12-19)26(28)29)25-13-16(3)11-17(4)14-25/h5-10,12,15-17H,11,13-14H2,1-4H3,(H,24,27)/t16-,17-/m0/s1. The number of carbonyl (C=O) groups is 1. The van der Waals surface area contributed by atoms with Crippen molar-refractivity contribution in [3.8, 4) is 0 Å². The Labute approximate surface area is 172 Å². The number of benzene rings is 2. The fraction of sp³-hybridized carbons (Fsp3) is 0.435. The first-order chi connectivity index (χ1) is 13.7. The number of nitro benzene ring substituents is 1. The number of hydrogen-bond donors (Lipinski definition) is 1. The van der Waals surface area contributed by atoms with Crippen molar-refractivity contribution in [3.05, 3.63) is 63.7 Å². The Balaban J connectivity index is 1.82. The average molecular weight is 396 g/mol. The topological polar surface area (TPSA) is 75.5 Å². The number of carbonyl (C=O) groups excluding carboxylic acids is 1. The van der Waals surface area contributed by atoms with Gasteiger partial charge in [0.25, 0.3) is 11.6 Å². The lowest BCUT2D eigenvalue weighted by Gasteiger charge is -2.36. The van der Waals surface area contributed by atoms with Crippen LogP contribution in [0.3, 0.4) is 0 Å². The third-order valence-corrected chi connectivity index (χ3v) is 5.48. The van der Waals surface area contributed by atoms with Crippen LogP contribution < -0.4 is 10.2 Å². The molecule has 0 saturated carbocycles. The summed E-state index contributed by atoms with van der Waals surface area (Å²) in [5.74, 6) is 1.03. The van der Waals surface area contributed by atoms with E-state index in [0.717, 1.165) is 19.5 Å². The summed E-state index contributed by atoms with van der Waals surface area (Å²) in [4.78, 5) is 26.0. The van der Waals surface area contributed by atoms with Crippen LogP contribution in [0, 0.1) is 22.0 Å². The molecule has 1 fully saturated rings. The molecule has 1 amide bonds. The minimum atomic E-state index is -0.395. The van der Waals surface area contributed by atoms with Gasteiger partial charge in [-0.05, 0) is 54.0 Å². The molecule has 1 aliphatic heterocycles. The number of hydrogen-bond acceptors (Lipinski definition) is 4. The summed E-state index contributed by atoms with van der Waals surface area (Å²) in [6, 6.07) is 12.4. The Kier molecular flexibility index (Phi) is 6.20. The third kappa shape index (κ3) is 4.94. The maximum Gasteiger partial charge on any atom is 0.293 e. The van der Waals surface area contributed by atoms with Crippen molar-refractivity contribution in [2.45, 2.75) is 40.0 Å². The number of amides is 1. The van der Waals surface area contributed by atoms with Gasteiger partial charge in [0.05, 0.1) is 4.92 Å². The number of nitrogens with one attached hydrogen (secondary N) is 1. The van der Waals surface area contributed by atoms with Gasteiger partial charge in [-0.1, -0.05) is 39.8 Å². The van der Waals surface area contributed by atoms with Crippen molar-refractivity contribution in [3.63, 3.8) is 0 Å². The lowest BCUT2D eigenvalue weighted by molar-refractivity contribution is -0.384. The van der Waals surface area contributed by atoms with Crippen LogP contribution in [0.2, 0.25) is 0 Å². The van der Waals surface area contributed by atoms with E-state index in [-0.39, 0.29) is 17.2 Å². The van der Waals surface area contributed by atoms with Crippen LogP contribution in [0.15, 0.2) is 42.5 Å². The summed E-state index contributed by atoms with van der Waals surface area (Å²) in [6.07, 6.45) is 1.13. The van der Waals surface area contributed by atoms with E-state index in [0.29, 0.717) is 29.1 Å². The van der Waals surface area contributed by atoms with Crippen LogP contribution in [0.25, 0.3) is 0 Å². The highest BCUT2D eigenvalue weighted by molar-refractivity contribution is 6.05. The number of nitro groups is 1. The van der Waals surface area contributed by atoms with Crippen LogP contribution in [-0.4, -0.2) is 23.9 Å². The first-order valence-electron chi connectivity index (χ1n) is 10.2. The van der Waals surface area contributed by atoms with E-state index in [9.17, 15) is 14.9 Å². The van der Waals surface area contributed by atoms with E-state index in [1.165, 1.54) is 11.6 Å². The molecule has 0 aromatic heterocycles. The van der Waals surface area contributed by atoms with Crippen molar-refractivity contribution >= 4 is 23.0 Å². The number of piperidine rings is 1. The highest BCUT2D eigenvalue weighted by Gasteiger charge is 2.27. The molecule has 0 radical (unpaired) electrons. The number of rotatable bonds is 5. The van der Waals surface area contributed by atoms with Gasteiger partial charge in [-0.2, -0.15) is 0 Å². The second-order valence-corrected chi connectivity index (χ2v) is 8.54. The van der Waals surface area contributed by atoms with Gasteiger partial charge in [-0.3, -0.25) is 14.9 Å². The summed E-state index contributed by atoms with van der Waals surface area (Å²) >= 11 is 0. The molecule has 1 saturated heterocycles. The normalized spacial score (nSPS) is 19.3. The highest BCUT2D eigenvalue weighted by Crippen LogP contribution is 2.34. The van der Waals surface area contributed by atoms with Crippen LogP contribution in [-0.2, 0) is 0 Å². The molecule has 0 aliphatic carbocycles. The molecule has 3 rings (SSSR count). The van der Waals surface area contributed by atoms with Gasteiger partial charge in [0.2, 0.25) is 0 Å². The van der Waals surface area contributed by atoms with Crippen LogP contribution in [0.4, 0.5) is 17.1 Å². The third-order valence-electron chi connectivity index (χ3n) is 5.48. The van der Waals surface area contributed by atoms with Crippen LogP contribution >= 0.6 is 0 Å². The van der Waals surface area contributed by atoms with E-state index in [1.54, 1.807) is 12.1 Å². The first-order valence-corrected chi connectivity index (χ1v) is 10.2. The molecule has 154 valence electrons. The van der Waals surface area contributed by atoms with Gasteiger partial charge in [-0.15, -0.1) is 0 Å². The first kappa shape index (κ1) is 20.8. The molecule has 6 heteroatoms. The molecule has 0 unspecified atom stereocenters. The van der Waals surface area contributed by atoms with E-state index in [2.05, 4.69) is 37.9 Å². The van der Waals surface area contributed by atoms with E-state index < -0.39 is 4.92 Å². The Hall–Kier alpha value is -2.89. The van der Waals surface area contributed by atoms with Crippen molar-refractivity contribution in [1.82, 2.24) is 0 Å². The largest absolute Gasteiger partial charge is 0.365 e. The monoisotopic (exact) mass is 395 g/mol. The van der Waals surface area contributed by atoms with Crippen molar-refractivity contribution in [2.24, 2.45) is 11.8 Å². The molecular weight excluding hydrogens is 366 g/mol. The molecule has 1 aliphatic rings. The van der Waals surface area contributed by atoms with Crippen molar-refractivity contribution < 1.29 is 9.72 Å². The Morgan fingerprint density at radius 2 is 1.72 bits per heavy atom. The summed E-state index contributed by atoms with van der Waals surface area (Å²) in [5, 5.41) is 14.5. The van der Waals surface area contributed by atoms with E-state index in [4.69, 9.17) is 0 Å². The van der Waals surface area contributed by atoms with Crippen LogP contribution in [0.1, 0.15) is 56.0 Å². The summed E-state index contributed by atoms with van der Waals surface area (Å²) in [6.45, 7) is 10.1. The lowest BCUT2D eigenvalue weighted by Crippen LogP contribution is -2.39. The molecule has 0 bridgehead atoms. The second kappa shape index (κ2) is 8.64. The molecule has 1 heterocycles. The van der Waals surface area contributed by atoms with Gasteiger partial charge >= 0.3 is 0 Å². The average Bonchev–Trinajstić information content (AvgIpc) is 2.67. The Bertz CT molecular complexity index is 883. The molecule has 1 N–H and O–H groups in total. The predicted molar refractivity (Wildman–Crippen MR) is 117 cm³/mol. The fourth-order valence-electron chi connectivity index (χ4n) is 4.09. The van der Waals surface area contributed by atoms with Crippen molar-refractivity contribution in [2.75, 3.05) is 23.3 Å². The van der Waals surface area contributed by atoms with Crippen molar-refractivity contribution in [1.29, 1.82) is 0 Å². The minimum absolute atomic E-state index is 0.0193. The summed E-state index contributed by atoms with van der Waals surface area (Å²) in [5.41, 5.74) is 2.71. The Morgan fingerprint density at radius 3 is 2.28 bits per heavy atom. The van der Waals surface area contributed by atoms with Gasteiger partial charge < -0.3 is 10.2 Å². The predicted octanol–water partition coefficient (Wildman–Crippen LogP) is 5.45. The fourth-order valence-corrected chi connectivity index (χ4v) is 4.09. The van der Waals surface area contributed by atoms with Gasteiger partial charge in [0.15, 0.2) is 0 Å². The molecule has 2 aromatic rings. The van der Waals surface area contributed by atoms with Gasteiger partial charge in [0, 0.05) is 30.4 Å². The molecule has 2 atom stereocenters. The quantitative estimate of drug-likeness (QED) is 0.539. The SMILES string of the molecule is CC(C)c1ccc(NC(=O)c2ccc(N3C[C@@H](C)C[C@H](C)C3)c([N+](=O)[O-])c2)cc1. The number of nitrogens with zero attached hydrogens (tertiary/aromatic N) is 2. The maximum atomic E-state index is 12.7. The minimum Gasteiger partial charge on any atom is -0.365 e. The van der Waals surface area contributed by atoms with Crippen LogP contribution in [0.5, 0.6) is 0 Å². The summed E-state index contributed by atoms with van der Waals surface area (Å²) < 4.78 is 0. The lowest BCUT2D eigenvalue weighted by atomic mass is 9.91. The Morgan fingerprint density at radius 1 is 1.10 bits per heavy atom. The zero-order valence-electron chi connectivity index (χ0n) is 17.5. The smallest absolute Gasteiger partial charge is 0.293 e.